The molecule has 0 heterocycles. The Hall–Kier alpha value is -0.357. The first-order valence-electron chi connectivity index (χ1n) is 2.29. The van der Waals surface area contributed by atoms with E-state index in [9.17, 15) is 0 Å². The maximum absolute atomic E-state index is 8.38. The minimum absolute atomic E-state index is 0.125. The second-order valence-corrected chi connectivity index (χ2v) is 1.15. The Balaban J connectivity index is 0.000000222. The largest absolute Gasteiger partial charge is 0.0623 e. The molecule has 0 fully saturated rings. The summed E-state index contributed by atoms with van der Waals surface area (Å²) in [7, 11) is 0. The van der Waals surface area contributed by atoms with Crippen LogP contribution in [0.2, 0.25) is 0 Å². The van der Waals surface area contributed by atoms with Gasteiger partial charge in [-0.25, -0.2) is 0 Å². The molecule has 1 aromatic carbocycles. The van der Waals surface area contributed by atoms with E-state index in [0.29, 0.717) is 0 Å². The molecule has 8 heavy (non-hydrogen) atoms. The van der Waals surface area contributed by atoms with E-state index < -0.39 is 0 Å². The first kappa shape index (κ1) is 7.64. The van der Waals surface area contributed by atoms with E-state index in [1.165, 1.54) is 0 Å². The molecule has 0 bridgehead atoms. The van der Waals surface area contributed by atoms with Crippen LogP contribution in [-0.2, 0) is 21.8 Å². The zero-order valence-corrected chi connectivity index (χ0v) is 7.55. The number of hydrogen-bond donors (Lipinski definition) is 0. The third-order valence-electron chi connectivity index (χ3n) is 0.667. The fraction of sp³-hybridized carbons (Fsp3) is 0. The molecule has 1 nitrogen and oxygen atoms in total. The van der Waals surface area contributed by atoms with Gasteiger partial charge in [-0.3, -0.25) is 0 Å². The average molecular weight is 160 g/mol. The van der Waals surface area contributed by atoms with Gasteiger partial charge in [0.05, 0.1) is 0 Å². The molecule has 1 rings (SSSR count). The SMILES string of the molecule is [O]=[Zn].c1ccccc1. The summed E-state index contributed by atoms with van der Waals surface area (Å²) in [6.45, 7) is 0. The molecule has 0 unspecified atom stereocenters. The molecule has 1 aromatic rings. The average Bonchev–Trinajstić information content (AvgIpc) is 1.96. The van der Waals surface area contributed by atoms with Gasteiger partial charge >= 0.3 is 21.8 Å². The summed E-state index contributed by atoms with van der Waals surface area (Å²) in [5.74, 6) is 0. The molecule has 0 aromatic heterocycles. The van der Waals surface area contributed by atoms with Gasteiger partial charge in [0.25, 0.3) is 0 Å². The van der Waals surface area contributed by atoms with Gasteiger partial charge in [0.1, 0.15) is 0 Å². The van der Waals surface area contributed by atoms with Gasteiger partial charge in [0.2, 0.25) is 0 Å². The van der Waals surface area contributed by atoms with Crippen molar-refractivity contribution in [3.05, 3.63) is 36.4 Å². The summed E-state index contributed by atoms with van der Waals surface area (Å²) >= 11 is 0.125. The third kappa shape index (κ3) is 3.82. The van der Waals surface area contributed by atoms with E-state index >= 15 is 0 Å². The van der Waals surface area contributed by atoms with Crippen LogP contribution in [0.4, 0.5) is 0 Å². The molecule has 0 amide bonds. The van der Waals surface area contributed by atoms with Crippen LogP contribution < -0.4 is 0 Å². The van der Waals surface area contributed by atoms with Crippen LogP contribution in [0.1, 0.15) is 0 Å². The van der Waals surface area contributed by atoms with Gasteiger partial charge in [-0.1, -0.05) is 36.4 Å². The van der Waals surface area contributed by atoms with Crippen molar-refractivity contribution < 1.29 is 21.8 Å². The van der Waals surface area contributed by atoms with Gasteiger partial charge in [-0.15, -0.1) is 0 Å². The maximum Gasteiger partial charge on any atom is -0.0623 e. The van der Waals surface area contributed by atoms with Crippen LogP contribution in [0, 0.1) is 0 Å². The first-order chi connectivity index (χ1) is 4.00. The normalized spacial score (nSPS) is 6.75. The zero-order chi connectivity index (χ0) is 6.24. The van der Waals surface area contributed by atoms with Crippen molar-refractivity contribution in [3.63, 3.8) is 0 Å². The quantitative estimate of drug-likeness (QED) is 0.525. The molecular weight excluding hydrogens is 153 g/mol. The van der Waals surface area contributed by atoms with Crippen LogP contribution in [0.25, 0.3) is 0 Å². The van der Waals surface area contributed by atoms with E-state index in [4.69, 9.17) is 3.57 Å². The second kappa shape index (κ2) is 6.64. The Bertz CT molecular complexity index is 91.4. The monoisotopic (exact) mass is 158 g/mol. The minimum Gasteiger partial charge on any atom is -0.0623 e. The summed E-state index contributed by atoms with van der Waals surface area (Å²) in [6, 6.07) is 12.0. The van der Waals surface area contributed by atoms with Gasteiger partial charge in [-0.05, 0) is 0 Å². The third-order valence-corrected chi connectivity index (χ3v) is 0.667. The molecule has 38 valence electrons. The Labute approximate surface area is 58.7 Å². The molecule has 0 saturated heterocycles. The van der Waals surface area contributed by atoms with E-state index in [2.05, 4.69) is 0 Å². The van der Waals surface area contributed by atoms with Crippen molar-refractivity contribution >= 4 is 0 Å². The van der Waals surface area contributed by atoms with Gasteiger partial charge in [0, 0.05) is 0 Å². The van der Waals surface area contributed by atoms with Crippen molar-refractivity contribution in [2.75, 3.05) is 0 Å². The molecule has 0 aliphatic rings. The molecule has 0 radical (unpaired) electrons. The van der Waals surface area contributed by atoms with Gasteiger partial charge in [0.15, 0.2) is 0 Å². The Kier molecular flexibility index (Phi) is 6.35. The van der Waals surface area contributed by atoms with Crippen molar-refractivity contribution in [2.24, 2.45) is 0 Å². The predicted molar refractivity (Wildman–Crippen MR) is 27.1 cm³/mol. The summed E-state index contributed by atoms with van der Waals surface area (Å²) in [4.78, 5) is 0. The van der Waals surface area contributed by atoms with Crippen molar-refractivity contribution in [2.45, 2.75) is 0 Å². The minimum atomic E-state index is 0.125. The number of hydrogen-bond acceptors (Lipinski definition) is 1. The first-order valence-corrected chi connectivity index (χ1v) is 3.50. The fourth-order valence-electron chi connectivity index (χ4n) is 0.385. The summed E-state index contributed by atoms with van der Waals surface area (Å²) < 4.78 is 8.38. The maximum atomic E-state index is 8.38. The standard InChI is InChI=1S/C6H6.O.Zn/c1-2-4-6-5-3-1;;/h1-6H;;. The second-order valence-electron chi connectivity index (χ2n) is 1.15. The summed E-state index contributed by atoms with van der Waals surface area (Å²) in [5.41, 5.74) is 0. The van der Waals surface area contributed by atoms with E-state index in [1.807, 2.05) is 36.4 Å². The molecular formula is C6H6OZn. The topological polar surface area (TPSA) is 17.1 Å². The van der Waals surface area contributed by atoms with Crippen LogP contribution >= 0.6 is 0 Å². The molecule has 2 heteroatoms. The van der Waals surface area contributed by atoms with E-state index in [-0.39, 0.29) is 18.3 Å². The fourth-order valence-corrected chi connectivity index (χ4v) is 0.385. The Morgan fingerprint density at radius 2 is 0.750 bits per heavy atom. The molecule has 0 aliphatic heterocycles. The van der Waals surface area contributed by atoms with Crippen molar-refractivity contribution in [1.82, 2.24) is 0 Å². The van der Waals surface area contributed by atoms with Crippen molar-refractivity contribution in [3.8, 4) is 0 Å². The van der Waals surface area contributed by atoms with E-state index in [1.54, 1.807) is 0 Å². The van der Waals surface area contributed by atoms with Crippen molar-refractivity contribution in [1.29, 1.82) is 0 Å². The molecule has 0 saturated carbocycles. The van der Waals surface area contributed by atoms with Gasteiger partial charge < -0.3 is 0 Å². The van der Waals surface area contributed by atoms with Crippen LogP contribution in [0.3, 0.4) is 0 Å². The van der Waals surface area contributed by atoms with Crippen LogP contribution in [-0.4, -0.2) is 0 Å². The smallest absolute Gasteiger partial charge is 0.0623 e. The van der Waals surface area contributed by atoms with Crippen LogP contribution in [0.5, 0.6) is 0 Å². The van der Waals surface area contributed by atoms with Crippen LogP contribution in [0.15, 0.2) is 36.4 Å². The van der Waals surface area contributed by atoms with Gasteiger partial charge in [-0.2, -0.15) is 0 Å². The number of rotatable bonds is 0. The summed E-state index contributed by atoms with van der Waals surface area (Å²) in [5, 5.41) is 0. The Morgan fingerprint density at radius 1 is 0.625 bits per heavy atom. The zero-order valence-electron chi connectivity index (χ0n) is 4.58. The predicted octanol–water partition coefficient (Wildman–Crippen LogP) is 1.57. The number of benzene rings is 1. The molecule has 0 aliphatic carbocycles. The summed E-state index contributed by atoms with van der Waals surface area (Å²) in [6.07, 6.45) is 0. The molecule has 0 spiro atoms. The molecule has 0 atom stereocenters. The Morgan fingerprint density at radius 3 is 0.875 bits per heavy atom. The van der Waals surface area contributed by atoms with E-state index in [0.717, 1.165) is 0 Å². The molecule has 0 N–H and O–H groups in total.